The Balaban J connectivity index is 1.94. The highest BCUT2D eigenvalue weighted by Crippen LogP contribution is 2.18. The van der Waals surface area contributed by atoms with Crippen LogP contribution in [0.2, 0.25) is 0 Å². The Morgan fingerprint density at radius 2 is 1.95 bits per heavy atom. The first kappa shape index (κ1) is 13.2. The lowest BCUT2D eigenvalue weighted by Crippen LogP contribution is -2.11. The van der Waals surface area contributed by atoms with Gasteiger partial charge in [0, 0.05) is 41.2 Å². The number of nitrogens with two attached hydrogens (primary N) is 1. The predicted octanol–water partition coefficient (Wildman–Crippen LogP) is 2.63. The van der Waals surface area contributed by atoms with Crippen LogP contribution in [0.15, 0.2) is 48.8 Å². The molecule has 0 unspecified atom stereocenters. The fourth-order valence-corrected chi connectivity index (χ4v) is 2.35. The van der Waals surface area contributed by atoms with Crippen LogP contribution in [0.3, 0.4) is 0 Å². The number of hydrogen-bond donors (Lipinski definition) is 1. The lowest BCUT2D eigenvalue weighted by atomic mass is 10.0. The number of carbonyl (C=O) groups excluding carboxylic acids is 1. The number of nitrogens with zero attached hydrogens (tertiary/aromatic N) is 2. The van der Waals surface area contributed by atoms with Crippen molar-refractivity contribution in [2.45, 2.75) is 13.3 Å². The molecule has 0 aliphatic carbocycles. The van der Waals surface area contributed by atoms with Crippen molar-refractivity contribution in [1.29, 1.82) is 0 Å². The summed E-state index contributed by atoms with van der Waals surface area (Å²) in [5.74, 6) is -0.432. The molecule has 2 heterocycles. The van der Waals surface area contributed by atoms with Crippen LogP contribution in [-0.4, -0.2) is 15.9 Å². The van der Waals surface area contributed by atoms with Gasteiger partial charge in [0.25, 0.3) is 0 Å². The molecule has 3 rings (SSSR count). The largest absolute Gasteiger partial charge is 0.366 e. The number of rotatable bonds is 3. The maximum atomic E-state index is 11.2. The number of aromatic nitrogens is 2. The van der Waals surface area contributed by atoms with Crippen molar-refractivity contribution < 1.29 is 4.79 Å². The molecule has 2 aromatic heterocycles. The first-order valence-electron chi connectivity index (χ1n) is 6.72. The summed E-state index contributed by atoms with van der Waals surface area (Å²) in [5.41, 5.74) is 8.75. The zero-order valence-electron chi connectivity index (χ0n) is 11.7. The SMILES string of the molecule is Cc1cc2cc(Cc3cc(C(N)=O)ccn3)ccc2cn1. The normalized spacial score (nSPS) is 10.7. The minimum absolute atomic E-state index is 0.432. The van der Waals surface area contributed by atoms with Crippen molar-refractivity contribution in [2.75, 3.05) is 0 Å². The number of aryl methyl sites for hydroxylation is 1. The highest BCUT2D eigenvalue weighted by molar-refractivity contribution is 5.92. The third-order valence-corrected chi connectivity index (χ3v) is 3.41. The van der Waals surface area contributed by atoms with E-state index in [1.807, 2.05) is 13.1 Å². The van der Waals surface area contributed by atoms with Crippen molar-refractivity contribution in [2.24, 2.45) is 5.73 Å². The summed E-state index contributed by atoms with van der Waals surface area (Å²) in [7, 11) is 0. The number of fused-ring (bicyclic) bond motifs is 1. The Labute approximate surface area is 122 Å². The van der Waals surface area contributed by atoms with Gasteiger partial charge >= 0.3 is 0 Å². The van der Waals surface area contributed by atoms with Gasteiger partial charge in [-0.2, -0.15) is 0 Å². The van der Waals surface area contributed by atoms with E-state index in [0.29, 0.717) is 12.0 Å². The smallest absolute Gasteiger partial charge is 0.248 e. The maximum Gasteiger partial charge on any atom is 0.248 e. The van der Waals surface area contributed by atoms with Gasteiger partial charge in [-0.05, 0) is 36.1 Å². The van der Waals surface area contributed by atoms with E-state index in [2.05, 4.69) is 34.2 Å². The second-order valence-corrected chi connectivity index (χ2v) is 5.08. The van der Waals surface area contributed by atoms with Crippen LogP contribution in [0.25, 0.3) is 10.8 Å². The molecular weight excluding hydrogens is 262 g/mol. The monoisotopic (exact) mass is 277 g/mol. The molecule has 0 saturated carbocycles. The van der Waals surface area contributed by atoms with Crippen LogP contribution in [-0.2, 0) is 6.42 Å². The summed E-state index contributed by atoms with van der Waals surface area (Å²) < 4.78 is 0. The molecule has 2 N–H and O–H groups in total. The van der Waals surface area contributed by atoms with Crippen molar-refractivity contribution in [1.82, 2.24) is 9.97 Å². The second kappa shape index (κ2) is 5.32. The maximum absolute atomic E-state index is 11.2. The van der Waals surface area contributed by atoms with E-state index in [0.717, 1.165) is 27.7 Å². The van der Waals surface area contributed by atoms with Crippen molar-refractivity contribution in [3.8, 4) is 0 Å². The van der Waals surface area contributed by atoms with E-state index in [4.69, 9.17) is 5.73 Å². The van der Waals surface area contributed by atoms with Crippen molar-refractivity contribution in [3.05, 3.63) is 71.3 Å². The molecule has 21 heavy (non-hydrogen) atoms. The average molecular weight is 277 g/mol. The molecule has 1 aromatic carbocycles. The summed E-state index contributed by atoms with van der Waals surface area (Å²) in [6.45, 7) is 1.98. The van der Waals surface area contributed by atoms with Gasteiger partial charge in [-0.25, -0.2) is 0 Å². The molecule has 104 valence electrons. The molecule has 0 atom stereocenters. The molecule has 4 heteroatoms. The Morgan fingerprint density at radius 3 is 2.76 bits per heavy atom. The highest BCUT2D eigenvalue weighted by atomic mass is 16.1. The quantitative estimate of drug-likeness (QED) is 0.800. The summed E-state index contributed by atoms with van der Waals surface area (Å²) in [4.78, 5) is 19.8. The minimum Gasteiger partial charge on any atom is -0.366 e. The molecule has 0 radical (unpaired) electrons. The lowest BCUT2D eigenvalue weighted by molar-refractivity contribution is 0.1000. The van der Waals surface area contributed by atoms with E-state index in [-0.39, 0.29) is 0 Å². The van der Waals surface area contributed by atoms with E-state index < -0.39 is 5.91 Å². The van der Waals surface area contributed by atoms with Gasteiger partial charge in [0.15, 0.2) is 0 Å². The van der Waals surface area contributed by atoms with Crippen LogP contribution in [0.1, 0.15) is 27.3 Å². The third-order valence-electron chi connectivity index (χ3n) is 3.41. The van der Waals surface area contributed by atoms with Crippen LogP contribution < -0.4 is 5.73 Å². The van der Waals surface area contributed by atoms with E-state index in [1.165, 1.54) is 0 Å². The van der Waals surface area contributed by atoms with E-state index in [9.17, 15) is 4.79 Å². The Kier molecular flexibility index (Phi) is 3.36. The highest BCUT2D eigenvalue weighted by Gasteiger charge is 2.04. The Bertz CT molecular complexity index is 827. The second-order valence-electron chi connectivity index (χ2n) is 5.08. The lowest BCUT2D eigenvalue weighted by Gasteiger charge is -2.05. The summed E-state index contributed by atoms with van der Waals surface area (Å²) in [5, 5.41) is 2.27. The fraction of sp³-hybridized carbons (Fsp3) is 0.118. The molecule has 0 fully saturated rings. The van der Waals surface area contributed by atoms with Gasteiger partial charge in [0.05, 0.1) is 0 Å². The number of carbonyl (C=O) groups is 1. The molecule has 0 spiro atoms. The summed E-state index contributed by atoms with van der Waals surface area (Å²) in [6.07, 6.45) is 4.16. The van der Waals surface area contributed by atoms with Gasteiger partial charge in [-0.3, -0.25) is 14.8 Å². The van der Waals surface area contributed by atoms with E-state index >= 15 is 0 Å². The number of benzene rings is 1. The molecule has 4 nitrogen and oxygen atoms in total. The van der Waals surface area contributed by atoms with Crippen molar-refractivity contribution in [3.63, 3.8) is 0 Å². The topological polar surface area (TPSA) is 68.9 Å². The molecular formula is C17H15N3O. The molecule has 0 bridgehead atoms. The van der Waals surface area contributed by atoms with Crippen LogP contribution in [0.4, 0.5) is 0 Å². The predicted molar refractivity (Wildman–Crippen MR) is 82.0 cm³/mol. The zero-order chi connectivity index (χ0) is 14.8. The molecule has 0 saturated heterocycles. The van der Waals surface area contributed by atoms with Gasteiger partial charge in [0.1, 0.15) is 0 Å². The number of amides is 1. The van der Waals surface area contributed by atoms with E-state index in [1.54, 1.807) is 18.3 Å². The first-order valence-corrected chi connectivity index (χ1v) is 6.72. The zero-order valence-corrected chi connectivity index (χ0v) is 11.7. The van der Waals surface area contributed by atoms with Crippen LogP contribution in [0.5, 0.6) is 0 Å². The molecule has 3 aromatic rings. The molecule has 0 aliphatic heterocycles. The van der Waals surface area contributed by atoms with Gasteiger partial charge < -0.3 is 5.73 Å². The first-order chi connectivity index (χ1) is 10.1. The minimum atomic E-state index is -0.432. The van der Waals surface area contributed by atoms with Crippen LogP contribution >= 0.6 is 0 Å². The number of primary amides is 1. The third kappa shape index (κ3) is 2.89. The Hall–Kier alpha value is -2.75. The molecule has 0 aliphatic rings. The van der Waals surface area contributed by atoms with Gasteiger partial charge in [-0.1, -0.05) is 18.2 Å². The van der Waals surface area contributed by atoms with Crippen molar-refractivity contribution >= 4 is 16.7 Å². The van der Waals surface area contributed by atoms with Gasteiger partial charge in [-0.15, -0.1) is 0 Å². The Morgan fingerprint density at radius 1 is 1.10 bits per heavy atom. The fourth-order valence-electron chi connectivity index (χ4n) is 2.35. The van der Waals surface area contributed by atoms with Gasteiger partial charge in [0.2, 0.25) is 5.91 Å². The summed E-state index contributed by atoms with van der Waals surface area (Å²) in [6, 6.07) is 11.7. The average Bonchev–Trinajstić information content (AvgIpc) is 2.47. The summed E-state index contributed by atoms with van der Waals surface area (Å²) >= 11 is 0. The standard InChI is InChI=1S/C17H15N3O/c1-11-6-15-7-12(2-3-14(15)10-20-11)8-16-9-13(17(18)21)4-5-19-16/h2-7,9-10H,8H2,1H3,(H2,18,21). The number of hydrogen-bond acceptors (Lipinski definition) is 3. The van der Waals surface area contributed by atoms with Crippen LogP contribution in [0, 0.1) is 6.92 Å². The molecule has 1 amide bonds. The number of pyridine rings is 2.